The first-order valence-electron chi connectivity index (χ1n) is 6.48. The maximum atomic E-state index is 11.8. The molecule has 0 heterocycles. The molecule has 2 aromatic carbocycles. The number of carboxylic acid groups (broad SMARTS) is 1. The molecule has 0 atom stereocenters. The van der Waals surface area contributed by atoms with Crippen LogP contribution in [0.4, 0.5) is 11.4 Å². The van der Waals surface area contributed by atoms with Gasteiger partial charge in [0.2, 0.25) is 5.91 Å². The van der Waals surface area contributed by atoms with Crippen LogP contribution in [0.15, 0.2) is 48.5 Å². The Morgan fingerprint density at radius 3 is 2.10 bits per heavy atom. The van der Waals surface area contributed by atoms with E-state index < -0.39 is 5.97 Å². The minimum atomic E-state index is -0.992. The van der Waals surface area contributed by atoms with Crippen molar-refractivity contribution in [1.29, 1.82) is 0 Å². The second kappa shape index (κ2) is 6.56. The summed E-state index contributed by atoms with van der Waals surface area (Å²) in [6.07, 6.45) is 0. The van der Waals surface area contributed by atoms with Crippen molar-refractivity contribution in [3.05, 3.63) is 59.7 Å². The summed E-state index contributed by atoms with van der Waals surface area (Å²) >= 11 is 0. The first kappa shape index (κ1) is 14.6. The molecule has 21 heavy (non-hydrogen) atoms. The molecule has 0 fully saturated rings. The molecular formula is C16H16N2O3. The van der Waals surface area contributed by atoms with Gasteiger partial charge in [0.15, 0.2) is 0 Å². The second-order valence-electron chi connectivity index (χ2n) is 4.65. The zero-order chi connectivity index (χ0) is 15.2. The number of carboxylic acids is 1. The zero-order valence-corrected chi connectivity index (χ0v) is 11.6. The minimum Gasteiger partial charge on any atom is -0.478 e. The first-order valence-corrected chi connectivity index (χ1v) is 6.48. The number of amides is 1. The molecule has 5 heteroatoms. The number of aromatic carboxylic acids is 1. The molecule has 0 bridgehead atoms. The maximum absolute atomic E-state index is 11.8. The molecule has 0 aliphatic heterocycles. The number of nitrogens with one attached hydrogen (secondary N) is 2. The van der Waals surface area contributed by atoms with Crippen LogP contribution in [0.1, 0.15) is 15.9 Å². The van der Waals surface area contributed by atoms with E-state index in [1.54, 1.807) is 12.1 Å². The van der Waals surface area contributed by atoms with Crippen molar-refractivity contribution in [2.45, 2.75) is 6.92 Å². The summed E-state index contributed by atoms with van der Waals surface area (Å²) in [4.78, 5) is 22.5. The third-order valence-electron chi connectivity index (χ3n) is 2.92. The predicted molar refractivity (Wildman–Crippen MR) is 81.7 cm³/mol. The van der Waals surface area contributed by atoms with E-state index >= 15 is 0 Å². The summed E-state index contributed by atoms with van der Waals surface area (Å²) < 4.78 is 0. The van der Waals surface area contributed by atoms with Crippen LogP contribution in [0.25, 0.3) is 0 Å². The van der Waals surface area contributed by atoms with Crippen LogP contribution >= 0.6 is 0 Å². The smallest absolute Gasteiger partial charge is 0.335 e. The van der Waals surface area contributed by atoms with E-state index in [0.29, 0.717) is 5.69 Å². The Morgan fingerprint density at radius 2 is 1.52 bits per heavy atom. The third kappa shape index (κ3) is 4.35. The lowest BCUT2D eigenvalue weighted by Gasteiger charge is -2.08. The van der Waals surface area contributed by atoms with Gasteiger partial charge in [-0.1, -0.05) is 17.7 Å². The number of benzene rings is 2. The van der Waals surface area contributed by atoms with Crippen molar-refractivity contribution < 1.29 is 14.7 Å². The Kier molecular flexibility index (Phi) is 4.56. The topological polar surface area (TPSA) is 78.4 Å². The standard InChI is InChI=1S/C16H16N2O3/c1-11-2-6-13(7-3-11)17-10-15(19)18-14-8-4-12(5-9-14)16(20)21/h2-9,17H,10H2,1H3,(H,18,19)(H,20,21). The van der Waals surface area contributed by atoms with Crippen LogP contribution in [-0.2, 0) is 4.79 Å². The summed E-state index contributed by atoms with van der Waals surface area (Å²) in [6, 6.07) is 13.8. The summed E-state index contributed by atoms with van der Waals surface area (Å²) in [6.45, 7) is 2.14. The Balaban J connectivity index is 1.86. The highest BCUT2D eigenvalue weighted by molar-refractivity contribution is 5.94. The molecule has 0 aliphatic carbocycles. The van der Waals surface area contributed by atoms with E-state index in [4.69, 9.17) is 5.11 Å². The lowest BCUT2D eigenvalue weighted by Crippen LogP contribution is -2.21. The van der Waals surface area contributed by atoms with Gasteiger partial charge in [-0.15, -0.1) is 0 Å². The fourth-order valence-corrected chi connectivity index (χ4v) is 1.76. The molecular weight excluding hydrogens is 268 g/mol. The number of carbonyl (C=O) groups excluding carboxylic acids is 1. The molecule has 0 saturated heterocycles. The van der Waals surface area contributed by atoms with Gasteiger partial charge in [-0.25, -0.2) is 4.79 Å². The molecule has 0 radical (unpaired) electrons. The molecule has 5 nitrogen and oxygen atoms in total. The van der Waals surface area contributed by atoms with Crippen molar-refractivity contribution in [1.82, 2.24) is 0 Å². The molecule has 0 spiro atoms. The second-order valence-corrected chi connectivity index (χ2v) is 4.65. The maximum Gasteiger partial charge on any atom is 0.335 e. The Hall–Kier alpha value is -2.82. The fourth-order valence-electron chi connectivity index (χ4n) is 1.76. The van der Waals surface area contributed by atoms with Crippen LogP contribution < -0.4 is 10.6 Å². The lowest BCUT2D eigenvalue weighted by molar-refractivity contribution is -0.114. The van der Waals surface area contributed by atoms with Crippen LogP contribution in [0.2, 0.25) is 0 Å². The molecule has 1 amide bonds. The van der Waals surface area contributed by atoms with E-state index in [0.717, 1.165) is 11.3 Å². The number of hydrogen-bond donors (Lipinski definition) is 3. The van der Waals surface area contributed by atoms with E-state index in [9.17, 15) is 9.59 Å². The van der Waals surface area contributed by atoms with Crippen LogP contribution in [-0.4, -0.2) is 23.5 Å². The lowest BCUT2D eigenvalue weighted by atomic mass is 10.2. The van der Waals surface area contributed by atoms with E-state index in [-0.39, 0.29) is 18.0 Å². The number of anilines is 2. The van der Waals surface area contributed by atoms with Crippen LogP contribution in [0.3, 0.4) is 0 Å². The molecule has 2 rings (SSSR count). The monoisotopic (exact) mass is 284 g/mol. The normalized spacial score (nSPS) is 9.95. The van der Waals surface area contributed by atoms with Gasteiger partial charge in [0.05, 0.1) is 12.1 Å². The van der Waals surface area contributed by atoms with Crippen molar-refractivity contribution in [3.63, 3.8) is 0 Å². The van der Waals surface area contributed by atoms with Gasteiger partial charge in [-0.3, -0.25) is 4.79 Å². The van der Waals surface area contributed by atoms with Gasteiger partial charge in [0, 0.05) is 11.4 Å². The van der Waals surface area contributed by atoms with E-state index in [2.05, 4.69) is 10.6 Å². The molecule has 0 aliphatic rings. The number of rotatable bonds is 5. The molecule has 108 valence electrons. The number of carbonyl (C=O) groups is 2. The van der Waals surface area contributed by atoms with Crippen molar-refractivity contribution in [2.75, 3.05) is 17.2 Å². The van der Waals surface area contributed by atoms with Gasteiger partial charge in [0.1, 0.15) is 0 Å². The molecule has 0 saturated carbocycles. The van der Waals surface area contributed by atoms with Crippen molar-refractivity contribution in [3.8, 4) is 0 Å². The largest absolute Gasteiger partial charge is 0.478 e. The SMILES string of the molecule is Cc1ccc(NCC(=O)Nc2ccc(C(=O)O)cc2)cc1. The molecule has 0 aromatic heterocycles. The van der Waals surface area contributed by atoms with Gasteiger partial charge >= 0.3 is 5.97 Å². The van der Waals surface area contributed by atoms with Gasteiger partial charge in [-0.2, -0.15) is 0 Å². The van der Waals surface area contributed by atoms with Crippen molar-refractivity contribution in [2.24, 2.45) is 0 Å². The summed E-state index contributed by atoms with van der Waals surface area (Å²) in [7, 11) is 0. The minimum absolute atomic E-state index is 0.143. The Morgan fingerprint density at radius 1 is 0.952 bits per heavy atom. The molecule has 0 unspecified atom stereocenters. The van der Waals surface area contributed by atoms with Gasteiger partial charge in [-0.05, 0) is 43.3 Å². The molecule has 3 N–H and O–H groups in total. The van der Waals surface area contributed by atoms with E-state index in [1.807, 2.05) is 31.2 Å². The van der Waals surface area contributed by atoms with Crippen LogP contribution in [0.5, 0.6) is 0 Å². The van der Waals surface area contributed by atoms with E-state index in [1.165, 1.54) is 12.1 Å². The highest BCUT2D eigenvalue weighted by Gasteiger charge is 2.04. The zero-order valence-electron chi connectivity index (χ0n) is 11.6. The third-order valence-corrected chi connectivity index (χ3v) is 2.92. The predicted octanol–water partition coefficient (Wildman–Crippen LogP) is 2.74. The highest BCUT2D eigenvalue weighted by atomic mass is 16.4. The fraction of sp³-hybridized carbons (Fsp3) is 0.125. The number of aryl methyl sites for hydroxylation is 1. The van der Waals surface area contributed by atoms with Gasteiger partial charge in [0.25, 0.3) is 0 Å². The summed E-state index contributed by atoms with van der Waals surface area (Å²) in [5.41, 5.74) is 2.78. The average molecular weight is 284 g/mol. The Labute approximate surface area is 122 Å². The Bertz CT molecular complexity index is 634. The van der Waals surface area contributed by atoms with Crippen molar-refractivity contribution >= 4 is 23.3 Å². The quantitative estimate of drug-likeness (QED) is 0.789. The number of hydrogen-bond acceptors (Lipinski definition) is 3. The summed E-state index contributed by atoms with van der Waals surface area (Å²) in [5, 5.41) is 14.5. The first-order chi connectivity index (χ1) is 10.0. The highest BCUT2D eigenvalue weighted by Crippen LogP contribution is 2.10. The average Bonchev–Trinajstić information content (AvgIpc) is 2.47. The van der Waals surface area contributed by atoms with Crippen LogP contribution in [0, 0.1) is 6.92 Å². The molecule has 2 aromatic rings. The van der Waals surface area contributed by atoms with Gasteiger partial charge < -0.3 is 15.7 Å². The summed E-state index contributed by atoms with van der Waals surface area (Å²) in [5.74, 6) is -1.19.